The molecule has 0 aliphatic heterocycles. The molecule has 0 saturated carbocycles. The highest BCUT2D eigenvalue weighted by atomic mass is 16.5. The van der Waals surface area contributed by atoms with Gasteiger partial charge in [-0.25, -0.2) is 0 Å². The van der Waals surface area contributed by atoms with Crippen LogP contribution in [0.15, 0.2) is 60.8 Å². The normalized spacial score (nSPS) is 11.8. The molecule has 0 aliphatic carbocycles. The van der Waals surface area contributed by atoms with Gasteiger partial charge in [-0.15, -0.1) is 0 Å². The van der Waals surface area contributed by atoms with Crippen LogP contribution in [0.3, 0.4) is 0 Å². The van der Waals surface area contributed by atoms with Crippen molar-refractivity contribution >= 4 is 5.69 Å². The second-order valence-corrected chi connectivity index (χ2v) is 5.91. The number of anilines is 1. The van der Waals surface area contributed by atoms with Gasteiger partial charge in [-0.1, -0.05) is 51.6 Å². The molecule has 0 amide bonds. The molecule has 0 aliphatic rings. The molecule has 0 heterocycles. The van der Waals surface area contributed by atoms with E-state index >= 15 is 0 Å². The average molecular weight is 309 g/mol. The van der Waals surface area contributed by atoms with Gasteiger partial charge < -0.3 is 10.1 Å². The molecular weight excluding hydrogens is 282 g/mol. The molecule has 23 heavy (non-hydrogen) atoms. The van der Waals surface area contributed by atoms with Gasteiger partial charge in [-0.2, -0.15) is 0 Å². The molecule has 2 rings (SSSR count). The number of hydrogen-bond acceptors (Lipinski definition) is 2. The molecule has 2 nitrogen and oxygen atoms in total. The Morgan fingerprint density at radius 2 is 1.83 bits per heavy atom. The van der Waals surface area contributed by atoms with Crippen molar-refractivity contribution in [1.82, 2.24) is 0 Å². The molecule has 0 radical (unpaired) electrons. The molecule has 0 aromatic heterocycles. The maximum Gasteiger partial charge on any atom is 0.119 e. The molecule has 2 aromatic carbocycles. The highest BCUT2D eigenvalue weighted by molar-refractivity contribution is 5.67. The summed E-state index contributed by atoms with van der Waals surface area (Å²) in [4.78, 5) is 0. The first kappa shape index (κ1) is 17.1. The zero-order chi connectivity index (χ0) is 16.7. The van der Waals surface area contributed by atoms with Crippen LogP contribution >= 0.6 is 0 Å². The topological polar surface area (TPSA) is 21.3 Å². The molecule has 1 N–H and O–H groups in total. The fraction of sp³-hybridized carbons (Fsp3) is 0.333. The van der Waals surface area contributed by atoms with E-state index in [0.717, 1.165) is 36.6 Å². The lowest BCUT2D eigenvalue weighted by atomic mass is 10.0. The van der Waals surface area contributed by atoms with Crippen molar-refractivity contribution in [2.24, 2.45) is 5.92 Å². The summed E-state index contributed by atoms with van der Waals surface area (Å²) in [6, 6.07) is 16.7. The van der Waals surface area contributed by atoms with Gasteiger partial charge in [0.15, 0.2) is 0 Å². The lowest BCUT2D eigenvalue weighted by Crippen LogP contribution is -2.06. The Balaban J connectivity index is 2.08. The van der Waals surface area contributed by atoms with Crippen LogP contribution in [0.25, 0.3) is 11.1 Å². The zero-order valence-electron chi connectivity index (χ0n) is 14.4. The van der Waals surface area contributed by atoms with Crippen LogP contribution in [0.5, 0.6) is 5.75 Å². The van der Waals surface area contributed by atoms with E-state index in [9.17, 15) is 0 Å². The first-order valence-corrected chi connectivity index (χ1v) is 8.43. The lowest BCUT2D eigenvalue weighted by molar-refractivity contribution is 0.317. The third-order valence-electron chi connectivity index (χ3n) is 4.04. The number of hydrogen-bond donors (Lipinski definition) is 1. The summed E-state index contributed by atoms with van der Waals surface area (Å²) in [5.41, 5.74) is 4.50. The van der Waals surface area contributed by atoms with Gasteiger partial charge in [-0.3, -0.25) is 0 Å². The van der Waals surface area contributed by atoms with Crippen LogP contribution in [0.2, 0.25) is 0 Å². The molecule has 0 spiro atoms. The lowest BCUT2D eigenvalue weighted by Gasteiger charge is -2.15. The summed E-state index contributed by atoms with van der Waals surface area (Å²) in [6.45, 7) is 11.3. The Hall–Kier alpha value is -2.22. The standard InChI is InChI=1S/C21H27NO/c1-5-14-23-21-9-7-8-19(15-21)18-10-12-20(13-11-18)22-17(4)16(3)6-2/h7-13,15-16,22H,4-6,14H2,1-3H3. The van der Waals surface area contributed by atoms with E-state index in [1.807, 2.05) is 12.1 Å². The molecule has 1 atom stereocenters. The van der Waals surface area contributed by atoms with Crippen LogP contribution in [-0.2, 0) is 0 Å². The number of nitrogens with one attached hydrogen (secondary N) is 1. The summed E-state index contributed by atoms with van der Waals surface area (Å²) < 4.78 is 5.71. The van der Waals surface area contributed by atoms with Gasteiger partial charge in [0.2, 0.25) is 0 Å². The van der Waals surface area contributed by atoms with E-state index in [0.29, 0.717) is 5.92 Å². The number of rotatable bonds is 8. The summed E-state index contributed by atoms with van der Waals surface area (Å²) in [6.07, 6.45) is 2.11. The second-order valence-electron chi connectivity index (χ2n) is 5.91. The van der Waals surface area contributed by atoms with Gasteiger partial charge in [0.25, 0.3) is 0 Å². The Bertz CT molecular complexity index is 631. The maximum atomic E-state index is 5.71. The van der Waals surface area contributed by atoms with E-state index in [-0.39, 0.29) is 0 Å². The Kier molecular flexibility index (Phi) is 6.28. The van der Waals surface area contributed by atoms with Crippen LogP contribution in [0.1, 0.15) is 33.6 Å². The number of allylic oxidation sites excluding steroid dienone is 1. The van der Waals surface area contributed by atoms with Gasteiger partial charge in [0.05, 0.1) is 6.61 Å². The predicted molar refractivity (Wildman–Crippen MR) is 99.9 cm³/mol. The van der Waals surface area contributed by atoms with Crippen molar-refractivity contribution in [1.29, 1.82) is 0 Å². The summed E-state index contributed by atoms with van der Waals surface area (Å²) >= 11 is 0. The number of ether oxygens (including phenoxy) is 1. The fourth-order valence-electron chi connectivity index (χ4n) is 2.29. The van der Waals surface area contributed by atoms with E-state index in [1.165, 1.54) is 11.1 Å². The number of benzene rings is 2. The van der Waals surface area contributed by atoms with Crippen LogP contribution in [0, 0.1) is 5.92 Å². The molecule has 2 aromatic rings. The third-order valence-corrected chi connectivity index (χ3v) is 4.04. The van der Waals surface area contributed by atoms with Crippen LogP contribution in [0.4, 0.5) is 5.69 Å². The molecule has 0 fully saturated rings. The minimum absolute atomic E-state index is 0.474. The fourth-order valence-corrected chi connectivity index (χ4v) is 2.29. The Morgan fingerprint density at radius 1 is 1.09 bits per heavy atom. The molecule has 1 unspecified atom stereocenters. The third kappa shape index (κ3) is 4.88. The highest BCUT2D eigenvalue weighted by Crippen LogP contribution is 2.26. The molecule has 2 heteroatoms. The molecule has 122 valence electrons. The first-order valence-electron chi connectivity index (χ1n) is 8.43. The molecule has 0 saturated heterocycles. The SMILES string of the molecule is C=C(Nc1ccc(-c2cccc(OCCC)c2)cc1)C(C)CC. The van der Waals surface area contributed by atoms with Crippen LogP contribution in [-0.4, -0.2) is 6.61 Å². The minimum atomic E-state index is 0.474. The summed E-state index contributed by atoms with van der Waals surface area (Å²) in [7, 11) is 0. The zero-order valence-corrected chi connectivity index (χ0v) is 14.4. The van der Waals surface area contributed by atoms with Crippen LogP contribution < -0.4 is 10.1 Å². The van der Waals surface area contributed by atoms with E-state index < -0.39 is 0 Å². The van der Waals surface area contributed by atoms with E-state index in [2.05, 4.69) is 69.1 Å². The first-order chi connectivity index (χ1) is 11.1. The van der Waals surface area contributed by atoms with Crippen molar-refractivity contribution in [3.8, 4) is 16.9 Å². The predicted octanol–water partition coefficient (Wildman–Crippen LogP) is 6.11. The van der Waals surface area contributed by atoms with Crippen molar-refractivity contribution in [2.75, 3.05) is 11.9 Å². The Labute approximate surface area is 140 Å². The van der Waals surface area contributed by atoms with Crippen molar-refractivity contribution in [2.45, 2.75) is 33.6 Å². The van der Waals surface area contributed by atoms with Crippen molar-refractivity contribution < 1.29 is 4.74 Å². The van der Waals surface area contributed by atoms with Gasteiger partial charge in [-0.05, 0) is 54.2 Å². The quantitative estimate of drug-likeness (QED) is 0.634. The molecule has 0 bridgehead atoms. The van der Waals surface area contributed by atoms with E-state index in [1.54, 1.807) is 0 Å². The molecular formula is C21H27NO. The van der Waals surface area contributed by atoms with Gasteiger partial charge in [0.1, 0.15) is 5.75 Å². The highest BCUT2D eigenvalue weighted by Gasteiger charge is 2.05. The van der Waals surface area contributed by atoms with E-state index in [4.69, 9.17) is 4.74 Å². The monoisotopic (exact) mass is 309 g/mol. The average Bonchev–Trinajstić information content (AvgIpc) is 2.60. The van der Waals surface area contributed by atoms with Gasteiger partial charge >= 0.3 is 0 Å². The van der Waals surface area contributed by atoms with Crippen molar-refractivity contribution in [3.63, 3.8) is 0 Å². The Morgan fingerprint density at radius 3 is 2.48 bits per heavy atom. The smallest absolute Gasteiger partial charge is 0.119 e. The largest absolute Gasteiger partial charge is 0.494 e. The van der Waals surface area contributed by atoms with Crippen molar-refractivity contribution in [3.05, 3.63) is 60.8 Å². The second kappa shape index (κ2) is 8.42. The summed E-state index contributed by atoms with van der Waals surface area (Å²) in [5.74, 6) is 1.40. The van der Waals surface area contributed by atoms with Gasteiger partial charge in [0, 0.05) is 11.4 Å². The summed E-state index contributed by atoms with van der Waals surface area (Å²) in [5, 5.41) is 3.39. The minimum Gasteiger partial charge on any atom is -0.494 e. The maximum absolute atomic E-state index is 5.71.